The van der Waals surface area contributed by atoms with Crippen LogP contribution in [0.1, 0.15) is 115 Å². The van der Waals surface area contributed by atoms with Crippen LogP contribution in [-0.2, 0) is 30.1 Å². The summed E-state index contributed by atoms with van der Waals surface area (Å²) in [5.74, 6) is -0.975. The first kappa shape index (κ1) is 42.2. The number of alkyl halides is 3. The quantitative estimate of drug-likeness (QED) is 0.148. The lowest BCUT2D eigenvalue weighted by molar-refractivity contribution is -0.138. The van der Waals surface area contributed by atoms with Crippen LogP contribution in [0.2, 0.25) is 0 Å². The number of benzene rings is 1. The molecule has 2 N–H and O–H groups in total. The molecule has 4 fully saturated rings. The summed E-state index contributed by atoms with van der Waals surface area (Å²) in [5, 5.41) is 14.7. The summed E-state index contributed by atoms with van der Waals surface area (Å²) in [6.45, 7) is 8.61. The number of carbonyl (C=O) groups is 4. The number of nitriles is 1. The number of hydrogen-bond acceptors (Lipinski definition) is 9. The number of piperidine rings is 2. The van der Waals surface area contributed by atoms with Crippen molar-refractivity contribution >= 4 is 52.3 Å². The van der Waals surface area contributed by atoms with Gasteiger partial charge in [0.1, 0.15) is 11.6 Å². The maximum atomic E-state index is 13.7. The Morgan fingerprint density at radius 2 is 1.74 bits per heavy atom. The third-order valence-electron chi connectivity index (χ3n) is 12.1. The molecule has 1 aliphatic carbocycles. The predicted molar refractivity (Wildman–Crippen MR) is 210 cm³/mol. The van der Waals surface area contributed by atoms with Crippen molar-refractivity contribution in [3.8, 4) is 6.07 Å². The molecule has 16 heteroatoms. The van der Waals surface area contributed by atoms with E-state index in [4.69, 9.17) is 22.2 Å². The highest BCUT2D eigenvalue weighted by atomic mass is 32.1. The summed E-state index contributed by atoms with van der Waals surface area (Å²) in [4.78, 5) is 59.2. The van der Waals surface area contributed by atoms with Crippen LogP contribution in [0.15, 0.2) is 36.5 Å². The second-order valence-corrected chi connectivity index (χ2v) is 16.7. The van der Waals surface area contributed by atoms with Crippen LogP contribution in [0.25, 0.3) is 0 Å². The molecule has 6 rings (SSSR count). The smallest absolute Gasteiger partial charge is 0.378 e. The number of hydrogen-bond donors (Lipinski definition) is 2. The van der Waals surface area contributed by atoms with E-state index in [9.17, 15) is 32.3 Å². The molecule has 4 atom stereocenters. The number of thiocarbonyl (C=S) groups is 1. The maximum absolute atomic E-state index is 13.7. The van der Waals surface area contributed by atoms with Crippen molar-refractivity contribution in [3.63, 3.8) is 0 Å². The van der Waals surface area contributed by atoms with Gasteiger partial charge >= 0.3 is 6.18 Å². The fourth-order valence-corrected chi connectivity index (χ4v) is 9.60. The third-order valence-corrected chi connectivity index (χ3v) is 12.4. The van der Waals surface area contributed by atoms with Gasteiger partial charge in [-0.15, -0.1) is 0 Å². The van der Waals surface area contributed by atoms with Crippen LogP contribution in [0.5, 0.6) is 0 Å². The first-order valence-corrected chi connectivity index (χ1v) is 20.1. The normalized spacial score (nSPS) is 27.0. The minimum Gasteiger partial charge on any atom is -0.378 e. The molecule has 1 saturated carbocycles. The number of aromatic nitrogens is 1. The Kier molecular flexibility index (Phi) is 12.7. The third kappa shape index (κ3) is 9.31. The van der Waals surface area contributed by atoms with E-state index >= 15 is 0 Å². The van der Waals surface area contributed by atoms with Gasteiger partial charge in [0.25, 0.3) is 5.91 Å². The van der Waals surface area contributed by atoms with Crippen molar-refractivity contribution in [3.05, 3.63) is 53.3 Å². The number of imide groups is 1. The van der Waals surface area contributed by atoms with Gasteiger partial charge in [-0.2, -0.15) is 18.4 Å². The number of halogens is 3. The molecule has 0 radical (unpaired) electrons. The SMILES string of the molecule is C[C@@H]1CC(OCCCC2CCC(N3C(=S)N(c4cnc(C#N)c(C(F)(F)F)c4)C(=O)C3(C)C)CC2)C[C@H](C)N1CC(=O)Nc1ccc(C2CCC(=O)NC2=O)cc1. The Morgan fingerprint density at radius 3 is 2.35 bits per heavy atom. The fourth-order valence-electron chi connectivity index (χ4n) is 9.03. The van der Waals surface area contributed by atoms with Crippen molar-refractivity contribution < 1.29 is 37.1 Å². The lowest BCUT2D eigenvalue weighted by Gasteiger charge is -2.42. The number of anilines is 2. The second-order valence-electron chi connectivity index (χ2n) is 16.4. The van der Waals surface area contributed by atoms with Crippen LogP contribution in [0, 0.1) is 17.2 Å². The molecule has 0 bridgehead atoms. The van der Waals surface area contributed by atoms with Gasteiger partial charge in [-0.25, -0.2) is 4.98 Å². The summed E-state index contributed by atoms with van der Waals surface area (Å²) >= 11 is 5.72. The number of amides is 4. The largest absolute Gasteiger partial charge is 0.419 e. The Labute approximate surface area is 336 Å². The molecule has 1 aromatic carbocycles. The summed E-state index contributed by atoms with van der Waals surface area (Å²) in [6, 6.07) is 9.71. The van der Waals surface area contributed by atoms with Gasteiger partial charge in [0.2, 0.25) is 17.7 Å². The van der Waals surface area contributed by atoms with Crippen molar-refractivity contribution in [2.45, 2.75) is 134 Å². The zero-order chi connectivity index (χ0) is 41.2. The van der Waals surface area contributed by atoms with Gasteiger partial charge in [-0.3, -0.25) is 34.3 Å². The summed E-state index contributed by atoms with van der Waals surface area (Å²) in [7, 11) is 0. The standard InChI is InChI=1S/C41H50F3N7O5S/c1-24-18-31(19-25(2)49(24)23-36(53)47-28-11-9-27(10-12-28)32-15-16-35(52)48-37(32)54)56-17-5-6-26-7-13-29(14-8-26)51-39(57)50(38(55)40(51,3)4)30-20-33(41(42,43)44)34(21-45)46-22-30/h9-12,20,22,24-26,29,31-32H,5-8,13-19,23H2,1-4H3,(H,47,53)(H,48,52,54)/t24-,25+,26?,29?,31?,32?. The molecule has 4 heterocycles. The lowest BCUT2D eigenvalue weighted by Crippen LogP contribution is -2.51. The van der Waals surface area contributed by atoms with Gasteiger partial charge in [0.05, 0.1) is 36.0 Å². The van der Waals surface area contributed by atoms with Gasteiger partial charge in [0, 0.05) is 36.8 Å². The van der Waals surface area contributed by atoms with E-state index in [1.165, 1.54) is 6.07 Å². The highest BCUT2D eigenvalue weighted by Gasteiger charge is 2.53. The molecule has 306 valence electrons. The molecule has 2 unspecified atom stereocenters. The van der Waals surface area contributed by atoms with Gasteiger partial charge in [0.15, 0.2) is 10.8 Å². The van der Waals surface area contributed by atoms with Gasteiger partial charge < -0.3 is 15.0 Å². The van der Waals surface area contributed by atoms with E-state index < -0.39 is 28.9 Å². The highest BCUT2D eigenvalue weighted by molar-refractivity contribution is 7.80. The Hall–Kier alpha value is -4.46. The van der Waals surface area contributed by atoms with Crippen molar-refractivity contribution in [1.29, 1.82) is 5.26 Å². The Balaban J connectivity index is 0.918. The van der Waals surface area contributed by atoms with Crippen LogP contribution < -0.4 is 15.5 Å². The number of rotatable bonds is 11. The summed E-state index contributed by atoms with van der Waals surface area (Å²) in [5.41, 5.74) is -1.67. The number of nitrogens with one attached hydrogen (secondary N) is 2. The number of nitrogens with zero attached hydrogens (tertiary/aromatic N) is 5. The predicted octanol–water partition coefficient (Wildman–Crippen LogP) is 6.44. The molecular formula is C41H50F3N7O5S. The molecule has 4 aliphatic rings. The lowest BCUT2D eigenvalue weighted by atomic mass is 9.82. The number of pyridine rings is 1. The minimum atomic E-state index is -4.81. The van der Waals surface area contributed by atoms with Crippen molar-refractivity contribution in [1.82, 2.24) is 20.1 Å². The number of carbonyl (C=O) groups excluding carboxylic acids is 4. The topological polar surface area (TPSA) is 148 Å². The van der Waals surface area contributed by atoms with Crippen molar-refractivity contribution in [2.24, 2.45) is 5.92 Å². The molecule has 1 aromatic heterocycles. The zero-order valence-electron chi connectivity index (χ0n) is 32.7. The fraction of sp³-hybridized carbons (Fsp3) is 0.585. The molecule has 0 spiro atoms. The van der Waals surface area contributed by atoms with E-state index in [1.54, 1.807) is 26.0 Å². The van der Waals surface area contributed by atoms with E-state index in [1.807, 2.05) is 17.0 Å². The van der Waals surface area contributed by atoms with Crippen LogP contribution in [-0.4, -0.2) is 86.4 Å². The molecule has 4 amide bonds. The molecule has 12 nitrogen and oxygen atoms in total. The van der Waals surface area contributed by atoms with Crippen LogP contribution in [0.4, 0.5) is 24.5 Å². The van der Waals surface area contributed by atoms with Gasteiger partial charge in [-0.05, 0) is 127 Å². The monoisotopic (exact) mass is 809 g/mol. The van der Waals surface area contributed by atoms with Crippen LogP contribution >= 0.6 is 12.2 Å². The maximum Gasteiger partial charge on any atom is 0.419 e. The summed E-state index contributed by atoms with van der Waals surface area (Å²) < 4.78 is 47.4. The molecule has 3 aliphatic heterocycles. The first-order chi connectivity index (χ1) is 27.0. The number of likely N-dealkylation sites (tertiary alicyclic amines) is 1. The molecule has 2 aromatic rings. The minimum absolute atomic E-state index is 0.0387. The van der Waals surface area contributed by atoms with Crippen molar-refractivity contribution in [2.75, 3.05) is 23.4 Å². The van der Waals surface area contributed by atoms with E-state index in [0.717, 1.165) is 74.1 Å². The average Bonchev–Trinajstić information content (AvgIpc) is 3.33. The highest BCUT2D eigenvalue weighted by Crippen LogP contribution is 2.41. The van der Waals surface area contributed by atoms with Crippen LogP contribution in [0.3, 0.4) is 0 Å². The average molecular weight is 810 g/mol. The number of ether oxygens (including phenoxy) is 1. The zero-order valence-corrected chi connectivity index (χ0v) is 33.5. The molecular weight excluding hydrogens is 760 g/mol. The molecule has 3 saturated heterocycles. The van der Waals surface area contributed by atoms with E-state index in [0.29, 0.717) is 31.1 Å². The summed E-state index contributed by atoms with van der Waals surface area (Å²) in [6.07, 6.45) is 4.17. The van der Waals surface area contributed by atoms with Gasteiger partial charge in [-0.1, -0.05) is 12.1 Å². The van der Waals surface area contributed by atoms with E-state index in [-0.39, 0.29) is 65.2 Å². The Morgan fingerprint density at radius 1 is 1.07 bits per heavy atom. The second kappa shape index (κ2) is 17.2. The first-order valence-electron chi connectivity index (χ1n) is 19.7. The molecule has 57 heavy (non-hydrogen) atoms. The Bertz CT molecular complexity index is 1900. The van der Waals surface area contributed by atoms with E-state index in [2.05, 4.69) is 34.4 Å².